The van der Waals surface area contributed by atoms with Gasteiger partial charge in [0.05, 0.1) is 0 Å². The van der Waals surface area contributed by atoms with Gasteiger partial charge in [-0.2, -0.15) is 0 Å². The van der Waals surface area contributed by atoms with E-state index >= 15 is 0 Å². The third-order valence-electron chi connectivity index (χ3n) is 4.17. The van der Waals surface area contributed by atoms with E-state index in [4.69, 9.17) is 0 Å². The summed E-state index contributed by atoms with van der Waals surface area (Å²) in [6.45, 7) is 6.59. The van der Waals surface area contributed by atoms with Crippen molar-refractivity contribution in [2.45, 2.75) is 40.0 Å². The van der Waals surface area contributed by atoms with Crippen molar-refractivity contribution in [2.75, 3.05) is 19.6 Å². The summed E-state index contributed by atoms with van der Waals surface area (Å²) in [6.07, 6.45) is 0.533. The highest BCUT2D eigenvalue weighted by Crippen LogP contribution is 2.28. The van der Waals surface area contributed by atoms with E-state index in [9.17, 15) is 24.9 Å². The standard InChI is InChI=1S/C18H28N2O5/c1-4-10-19(11-9-14-7-6-8-15(21)16(14)22)17(23)20(18(24)25)12-13(3)5-2/h6-8,13,21-22H,4-5,9-12H2,1-3H3,(H,24,25). The average Bonchev–Trinajstić information content (AvgIpc) is 2.58. The van der Waals surface area contributed by atoms with Gasteiger partial charge in [0.2, 0.25) is 0 Å². The highest BCUT2D eigenvalue weighted by atomic mass is 16.4. The van der Waals surface area contributed by atoms with Gasteiger partial charge in [-0.15, -0.1) is 0 Å². The fourth-order valence-corrected chi connectivity index (χ4v) is 2.46. The molecule has 1 unspecified atom stereocenters. The van der Waals surface area contributed by atoms with Crippen LogP contribution in [0.5, 0.6) is 11.5 Å². The van der Waals surface area contributed by atoms with Crippen molar-refractivity contribution in [2.24, 2.45) is 5.92 Å². The minimum atomic E-state index is -1.26. The summed E-state index contributed by atoms with van der Waals surface area (Å²) in [4.78, 5) is 26.5. The Morgan fingerprint density at radius 1 is 1.16 bits per heavy atom. The van der Waals surface area contributed by atoms with Crippen LogP contribution in [-0.2, 0) is 6.42 Å². The highest BCUT2D eigenvalue weighted by Gasteiger charge is 2.27. The summed E-state index contributed by atoms with van der Waals surface area (Å²) in [7, 11) is 0. The first-order valence-electron chi connectivity index (χ1n) is 8.60. The summed E-state index contributed by atoms with van der Waals surface area (Å²) < 4.78 is 0. The molecule has 1 aromatic carbocycles. The molecule has 0 aliphatic heterocycles. The van der Waals surface area contributed by atoms with E-state index in [0.29, 0.717) is 24.9 Å². The number of amides is 3. The summed E-state index contributed by atoms with van der Waals surface area (Å²) in [5.41, 5.74) is 0.512. The number of rotatable bonds is 8. The molecule has 0 spiro atoms. The number of phenols is 2. The number of hydrogen-bond acceptors (Lipinski definition) is 4. The van der Waals surface area contributed by atoms with Gasteiger partial charge in [0.25, 0.3) is 0 Å². The predicted octanol–water partition coefficient (Wildman–Crippen LogP) is 3.50. The number of imide groups is 1. The first-order valence-corrected chi connectivity index (χ1v) is 8.60. The Morgan fingerprint density at radius 2 is 1.84 bits per heavy atom. The molecule has 0 aromatic heterocycles. The first kappa shape index (κ1) is 20.6. The smallest absolute Gasteiger partial charge is 0.415 e. The number of aromatic hydroxyl groups is 2. The van der Waals surface area contributed by atoms with E-state index in [1.165, 1.54) is 11.0 Å². The van der Waals surface area contributed by atoms with Gasteiger partial charge in [0, 0.05) is 19.6 Å². The molecule has 0 saturated carbocycles. The van der Waals surface area contributed by atoms with Gasteiger partial charge >= 0.3 is 12.1 Å². The van der Waals surface area contributed by atoms with Gasteiger partial charge in [-0.1, -0.05) is 39.3 Å². The van der Waals surface area contributed by atoms with Crippen molar-refractivity contribution in [1.29, 1.82) is 0 Å². The Kier molecular flexibility index (Phi) is 8.04. The van der Waals surface area contributed by atoms with E-state index in [1.807, 2.05) is 20.8 Å². The van der Waals surface area contributed by atoms with Gasteiger partial charge in [0.15, 0.2) is 11.5 Å². The molecular weight excluding hydrogens is 324 g/mol. The first-order chi connectivity index (χ1) is 11.8. The van der Waals surface area contributed by atoms with E-state index in [1.54, 1.807) is 12.1 Å². The molecule has 3 N–H and O–H groups in total. The molecule has 0 saturated heterocycles. The van der Waals surface area contributed by atoms with E-state index in [0.717, 1.165) is 11.3 Å². The van der Waals surface area contributed by atoms with Crippen molar-refractivity contribution in [3.8, 4) is 11.5 Å². The maximum absolute atomic E-state index is 12.7. The molecule has 0 aliphatic rings. The molecule has 0 fully saturated rings. The van der Waals surface area contributed by atoms with Crippen LogP contribution in [0.3, 0.4) is 0 Å². The largest absolute Gasteiger partial charge is 0.504 e. The normalized spacial score (nSPS) is 11.8. The van der Waals surface area contributed by atoms with E-state index < -0.39 is 12.1 Å². The second-order valence-electron chi connectivity index (χ2n) is 6.21. The van der Waals surface area contributed by atoms with Crippen LogP contribution in [0.1, 0.15) is 39.2 Å². The maximum Gasteiger partial charge on any atom is 0.415 e. The van der Waals surface area contributed by atoms with Crippen LogP contribution in [0.4, 0.5) is 9.59 Å². The number of hydrogen-bond donors (Lipinski definition) is 3. The number of phenolic OH excluding ortho intramolecular Hbond substituents is 2. The topological polar surface area (TPSA) is 101 Å². The summed E-state index contributed by atoms with van der Waals surface area (Å²) in [6, 6.07) is 4.11. The van der Waals surface area contributed by atoms with Crippen molar-refractivity contribution in [3.05, 3.63) is 23.8 Å². The molecule has 25 heavy (non-hydrogen) atoms. The quantitative estimate of drug-likeness (QED) is 0.622. The molecule has 7 heteroatoms. The van der Waals surface area contributed by atoms with Crippen LogP contribution in [-0.4, -0.2) is 56.9 Å². The summed E-state index contributed by atoms with van der Waals surface area (Å²) >= 11 is 0. The number of carbonyl (C=O) groups excluding carboxylic acids is 1. The summed E-state index contributed by atoms with van der Waals surface area (Å²) in [5.74, 6) is -0.338. The molecule has 7 nitrogen and oxygen atoms in total. The minimum Gasteiger partial charge on any atom is -0.504 e. The Balaban J connectivity index is 2.87. The molecule has 0 heterocycles. The molecule has 1 rings (SSSR count). The monoisotopic (exact) mass is 352 g/mol. The Morgan fingerprint density at radius 3 is 2.40 bits per heavy atom. The molecular formula is C18H28N2O5. The van der Waals surface area contributed by atoms with Crippen molar-refractivity contribution >= 4 is 12.1 Å². The number of urea groups is 1. The fraction of sp³-hybridized carbons (Fsp3) is 0.556. The third kappa shape index (κ3) is 5.85. The van der Waals surface area contributed by atoms with Crippen LogP contribution in [0.25, 0.3) is 0 Å². The molecule has 0 aliphatic carbocycles. The van der Waals surface area contributed by atoms with Crippen LogP contribution >= 0.6 is 0 Å². The lowest BCUT2D eigenvalue weighted by atomic mass is 10.1. The van der Waals surface area contributed by atoms with E-state index in [2.05, 4.69) is 0 Å². The highest BCUT2D eigenvalue weighted by molar-refractivity contribution is 5.90. The number of benzene rings is 1. The number of carbonyl (C=O) groups is 2. The number of carboxylic acid groups (broad SMARTS) is 1. The third-order valence-corrected chi connectivity index (χ3v) is 4.17. The molecule has 1 atom stereocenters. The zero-order chi connectivity index (χ0) is 19.0. The second kappa shape index (κ2) is 9.76. The molecule has 1 aromatic rings. The lowest BCUT2D eigenvalue weighted by Gasteiger charge is -2.29. The number of nitrogens with zero attached hydrogens (tertiary/aromatic N) is 2. The van der Waals surface area contributed by atoms with E-state index in [-0.39, 0.29) is 30.5 Å². The predicted molar refractivity (Wildman–Crippen MR) is 94.9 cm³/mol. The van der Waals surface area contributed by atoms with Crippen LogP contribution in [0.2, 0.25) is 0 Å². The van der Waals surface area contributed by atoms with Crippen LogP contribution in [0.15, 0.2) is 18.2 Å². The van der Waals surface area contributed by atoms with Gasteiger partial charge in [-0.25, -0.2) is 14.5 Å². The van der Waals surface area contributed by atoms with Gasteiger partial charge in [-0.05, 0) is 30.4 Å². The van der Waals surface area contributed by atoms with Crippen LogP contribution < -0.4 is 0 Å². The van der Waals surface area contributed by atoms with Crippen molar-refractivity contribution in [3.63, 3.8) is 0 Å². The minimum absolute atomic E-state index is 0.0821. The molecule has 0 bridgehead atoms. The molecule has 0 radical (unpaired) electrons. The fourth-order valence-electron chi connectivity index (χ4n) is 2.46. The Hall–Kier alpha value is -2.44. The lowest BCUT2D eigenvalue weighted by Crippen LogP contribution is -2.48. The zero-order valence-electron chi connectivity index (χ0n) is 15.1. The average molecular weight is 352 g/mol. The molecule has 3 amide bonds. The van der Waals surface area contributed by atoms with Crippen molar-refractivity contribution in [1.82, 2.24) is 9.80 Å². The SMILES string of the molecule is CCCN(CCc1cccc(O)c1O)C(=O)N(CC(C)CC)C(=O)O. The van der Waals surface area contributed by atoms with Crippen LogP contribution in [0, 0.1) is 5.92 Å². The zero-order valence-corrected chi connectivity index (χ0v) is 15.1. The Bertz CT molecular complexity index is 591. The maximum atomic E-state index is 12.7. The van der Waals surface area contributed by atoms with Gasteiger partial charge in [0.1, 0.15) is 0 Å². The number of para-hydroxylation sites is 1. The van der Waals surface area contributed by atoms with Gasteiger partial charge in [-0.3, -0.25) is 0 Å². The van der Waals surface area contributed by atoms with Gasteiger partial charge < -0.3 is 20.2 Å². The second-order valence-corrected chi connectivity index (χ2v) is 6.21. The summed E-state index contributed by atoms with van der Waals surface area (Å²) in [5, 5.41) is 28.8. The van der Waals surface area contributed by atoms with Crippen molar-refractivity contribution < 1.29 is 24.9 Å². The Labute approximate surface area is 148 Å². The molecule has 140 valence electrons. The lowest BCUT2D eigenvalue weighted by molar-refractivity contribution is 0.122.